The van der Waals surface area contributed by atoms with Crippen molar-refractivity contribution in [2.45, 2.75) is 76.7 Å². The Hall–Kier alpha value is -1.31. The molecule has 1 nitrogen and oxygen atoms in total. The molecule has 0 amide bonds. The molecular formula is C24H36ClN. The van der Waals surface area contributed by atoms with Crippen molar-refractivity contribution in [2.75, 3.05) is 0 Å². The number of hydrogen-bond donors (Lipinski definition) is 1. The molecule has 0 saturated carbocycles. The number of nitrogens with two attached hydrogens (primary N) is 1. The fourth-order valence-electron chi connectivity index (χ4n) is 3.77. The normalized spacial score (nSPS) is 12.4. The van der Waals surface area contributed by atoms with E-state index in [0.29, 0.717) is 0 Å². The highest BCUT2D eigenvalue weighted by molar-refractivity contribution is 5.85. The molecule has 0 heterocycles. The highest BCUT2D eigenvalue weighted by Gasteiger charge is 2.34. The molecule has 0 aromatic heterocycles. The van der Waals surface area contributed by atoms with E-state index in [1.54, 1.807) is 0 Å². The Morgan fingerprint density at radius 3 is 1.62 bits per heavy atom. The highest BCUT2D eigenvalue weighted by Crippen LogP contribution is 2.36. The smallest absolute Gasteiger partial charge is 0.0325 e. The van der Waals surface area contributed by atoms with Crippen LogP contribution in [0.2, 0.25) is 0 Å². The van der Waals surface area contributed by atoms with Crippen LogP contribution in [0.4, 0.5) is 0 Å². The third-order valence-electron chi connectivity index (χ3n) is 5.61. The zero-order valence-corrected chi connectivity index (χ0v) is 17.3. The Morgan fingerprint density at radius 2 is 1.15 bits per heavy atom. The van der Waals surface area contributed by atoms with E-state index in [2.05, 4.69) is 74.5 Å². The molecule has 0 radical (unpaired) electrons. The standard InChI is InChI=1S/C24H35N.ClH/c1-3-4-5-6-7-8-15-20-23(25)24(2,21-16-11-9-12-17-21)22-18-13-10-14-19-22;/h9-14,16-19,23H,3-8,15,20,25H2,1-2H3;1H. The van der Waals surface area contributed by atoms with Gasteiger partial charge in [-0.3, -0.25) is 0 Å². The van der Waals surface area contributed by atoms with E-state index in [-0.39, 0.29) is 23.9 Å². The van der Waals surface area contributed by atoms with Gasteiger partial charge in [0.25, 0.3) is 0 Å². The summed E-state index contributed by atoms with van der Waals surface area (Å²) in [6.45, 7) is 4.58. The molecule has 26 heavy (non-hydrogen) atoms. The molecule has 0 saturated heterocycles. The van der Waals surface area contributed by atoms with Crippen LogP contribution in [0.1, 0.15) is 76.3 Å². The molecule has 1 atom stereocenters. The summed E-state index contributed by atoms with van der Waals surface area (Å²) in [4.78, 5) is 0. The summed E-state index contributed by atoms with van der Waals surface area (Å²) in [5, 5.41) is 0. The van der Waals surface area contributed by atoms with E-state index >= 15 is 0 Å². The maximum absolute atomic E-state index is 6.78. The lowest BCUT2D eigenvalue weighted by molar-refractivity contribution is 0.401. The molecule has 0 aliphatic rings. The van der Waals surface area contributed by atoms with Crippen molar-refractivity contribution in [3.05, 3.63) is 71.8 Å². The Morgan fingerprint density at radius 1 is 0.731 bits per heavy atom. The minimum Gasteiger partial charge on any atom is -0.327 e. The average Bonchev–Trinajstić information content (AvgIpc) is 2.67. The first-order valence-electron chi connectivity index (χ1n) is 10.1. The Kier molecular flexibility index (Phi) is 10.6. The molecule has 1 unspecified atom stereocenters. The quantitative estimate of drug-likeness (QED) is 0.426. The van der Waals surface area contributed by atoms with Gasteiger partial charge in [-0.15, -0.1) is 12.4 Å². The maximum atomic E-state index is 6.78. The van der Waals surface area contributed by atoms with Gasteiger partial charge in [-0.05, 0) is 24.5 Å². The van der Waals surface area contributed by atoms with Crippen LogP contribution in [0, 0.1) is 0 Å². The SMILES string of the molecule is CCCCCCCCCC(N)C(C)(c1ccccc1)c1ccccc1.Cl. The molecule has 2 rings (SSSR count). The lowest BCUT2D eigenvalue weighted by Crippen LogP contribution is -2.44. The number of hydrogen-bond acceptors (Lipinski definition) is 1. The fraction of sp³-hybridized carbons (Fsp3) is 0.500. The van der Waals surface area contributed by atoms with Gasteiger partial charge in [-0.25, -0.2) is 0 Å². The molecule has 0 fully saturated rings. The van der Waals surface area contributed by atoms with Gasteiger partial charge in [-0.2, -0.15) is 0 Å². The van der Waals surface area contributed by atoms with Crippen LogP contribution in [0.25, 0.3) is 0 Å². The van der Waals surface area contributed by atoms with Crippen LogP contribution < -0.4 is 5.73 Å². The molecule has 0 spiro atoms. The molecule has 0 aliphatic heterocycles. The summed E-state index contributed by atoms with van der Waals surface area (Å²) in [5.41, 5.74) is 9.28. The lowest BCUT2D eigenvalue weighted by atomic mass is 9.69. The second-order valence-electron chi connectivity index (χ2n) is 7.45. The van der Waals surface area contributed by atoms with Gasteiger partial charge >= 0.3 is 0 Å². The van der Waals surface area contributed by atoms with Crippen LogP contribution in [0.3, 0.4) is 0 Å². The summed E-state index contributed by atoms with van der Waals surface area (Å²) in [6, 6.07) is 21.7. The number of unbranched alkanes of at least 4 members (excludes halogenated alkanes) is 6. The predicted molar refractivity (Wildman–Crippen MR) is 117 cm³/mol. The Bertz CT molecular complexity index is 542. The van der Waals surface area contributed by atoms with E-state index < -0.39 is 0 Å². The van der Waals surface area contributed by atoms with Gasteiger partial charge in [0.05, 0.1) is 0 Å². The molecular weight excluding hydrogens is 338 g/mol. The average molecular weight is 374 g/mol. The molecule has 2 N–H and O–H groups in total. The Balaban J connectivity index is 0.00000338. The number of benzene rings is 2. The molecule has 2 heteroatoms. The number of halogens is 1. The van der Waals surface area contributed by atoms with E-state index in [4.69, 9.17) is 5.73 Å². The van der Waals surface area contributed by atoms with E-state index in [9.17, 15) is 0 Å². The maximum Gasteiger partial charge on any atom is 0.0325 e. The summed E-state index contributed by atoms with van der Waals surface area (Å²) >= 11 is 0. The van der Waals surface area contributed by atoms with Crippen LogP contribution in [-0.2, 0) is 5.41 Å². The monoisotopic (exact) mass is 373 g/mol. The first-order valence-corrected chi connectivity index (χ1v) is 10.1. The second-order valence-corrected chi connectivity index (χ2v) is 7.45. The third kappa shape index (κ3) is 6.14. The summed E-state index contributed by atoms with van der Waals surface area (Å²) in [7, 11) is 0. The van der Waals surface area contributed by atoms with E-state index in [1.165, 1.54) is 56.1 Å². The third-order valence-corrected chi connectivity index (χ3v) is 5.61. The number of rotatable bonds is 11. The zero-order chi connectivity index (χ0) is 18.0. The van der Waals surface area contributed by atoms with E-state index in [1.807, 2.05) is 0 Å². The predicted octanol–water partition coefficient (Wildman–Crippen LogP) is 6.88. The van der Waals surface area contributed by atoms with Crippen molar-refractivity contribution in [1.29, 1.82) is 0 Å². The van der Waals surface area contributed by atoms with Gasteiger partial charge in [-0.1, -0.05) is 113 Å². The Labute approximate surface area is 166 Å². The van der Waals surface area contributed by atoms with Crippen LogP contribution in [0.5, 0.6) is 0 Å². The minimum absolute atomic E-state index is 0. The van der Waals surface area contributed by atoms with Gasteiger partial charge < -0.3 is 5.73 Å². The van der Waals surface area contributed by atoms with Crippen LogP contribution in [0.15, 0.2) is 60.7 Å². The summed E-state index contributed by atoms with van der Waals surface area (Å²) in [6.07, 6.45) is 10.4. The second kappa shape index (κ2) is 12.1. The summed E-state index contributed by atoms with van der Waals surface area (Å²) in [5.74, 6) is 0. The molecule has 2 aromatic carbocycles. The van der Waals surface area contributed by atoms with Crippen molar-refractivity contribution in [2.24, 2.45) is 5.73 Å². The van der Waals surface area contributed by atoms with Gasteiger partial charge in [0.2, 0.25) is 0 Å². The van der Waals surface area contributed by atoms with Gasteiger partial charge in [0, 0.05) is 11.5 Å². The molecule has 0 bridgehead atoms. The first-order chi connectivity index (χ1) is 12.2. The first kappa shape index (κ1) is 22.7. The van der Waals surface area contributed by atoms with Crippen LogP contribution in [-0.4, -0.2) is 6.04 Å². The van der Waals surface area contributed by atoms with E-state index in [0.717, 1.165) is 6.42 Å². The topological polar surface area (TPSA) is 26.0 Å². The molecule has 144 valence electrons. The van der Waals surface area contributed by atoms with Crippen molar-refractivity contribution in [1.82, 2.24) is 0 Å². The molecule has 2 aromatic rings. The van der Waals surface area contributed by atoms with Gasteiger partial charge in [0.1, 0.15) is 0 Å². The largest absolute Gasteiger partial charge is 0.327 e. The lowest BCUT2D eigenvalue weighted by Gasteiger charge is -2.37. The van der Waals surface area contributed by atoms with Crippen molar-refractivity contribution >= 4 is 12.4 Å². The van der Waals surface area contributed by atoms with Crippen molar-refractivity contribution in [3.8, 4) is 0 Å². The summed E-state index contributed by atoms with van der Waals surface area (Å²) < 4.78 is 0. The van der Waals surface area contributed by atoms with Crippen molar-refractivity contribution in [3.63, 3.8) is 0 Å². The highest BCUT2D eigenvalue weighted by atomic mass is 35.5. The molecule has 0 aliphatic carbocycles. The fourth-order valence-corrected chi connectivity index (χ4v) is 3.77. The van der Waals surface area contributed by atoms with Gasteiger partial charge in [0.15, 0.2) is 0 Å². The van der Waals surface area contributed by atoms with Crippen molar-refractivity contribution < 1.29 is 0 Å². The minimum atomic E-state index is -0.134. The zero-order valence-electron chi connectivity index (χ0n) is 16.5. The van der Waals surface area contributed by atoms with Crippen LogP contribution >= 0.6 is 12.4 Å².